The van der Waals surface area contributed by atoms with Gasteiger partial charge in [-0.05, 0) is 4.57 Å². The third-order valence-electron chi connectivity index (χ3n) is 0.368. The molecule has 7 nitrogen and oxygen atoms in total. The molecule has 0 aliphatic carbocycles. The molecule has 5 N–H and O–H groups in total. The molecule has 0 aliphatic rings. The molecule has 8 heteroatoms. The van der Waals surface area contributed by atoms with Crippen LogP contribution in [0.5, 0.6) is 0 Å². The number of nitrogens with two attached hydrogens (primary N) is 1. The molecule has 0 fully saturated rings. The standard InChI is InChI=1S/C4H4O4.H2NO2P/c5-3(6)1-2-4(7)8;1-4(2)3/h1-2H,(H,5,6)(H,7,8);(H2-,1,2,3)/p+1/b2-1+;. The van der Waals surface area contributed by atoms with Gasteiger partial charge in [-0.2, -0.15) is 0 Å². The average molecular weight is 196 g/mol. The number of aliphatic carboxylic acids is 2. The van der Waals surface area contributed by atoms with Crippen molar-refractivity contribution in [3.8, 4) is 0 Å². The number of hydrogen-bond acceptors (Lipinski definition) is 3. The number of hydrogen-bond donors (Lipinski definition) is 4. The largest absolute Gasteiger partial charge is 0.607 e. The second-order valence-corrected chi connectivity index (χ2v) is 1.92. The van der Waals surface area contributed by atoms with Crippen molar-refractivity contribution < 1.29 is 29.3 Å². The predicted octanol–water partition coefficient (Wildman–Crippen LogP) is -0.693. The van der Waals surface area contributed by atoms with E-state index in [9.17, 15) is 9.59 Å². The molecule has 1 unspecified atom stereocenters. The van der Waals surface area contributed by atoms with Crippen molar-refractivity contribution in [1.29, 1.82) is 0 Å². The first-order valence-electron chi connectivity index (χ1n) is 2.41. The number of carboxylic acid groups (broad SMARTS) is 2. The van der Waals surface area contributed by atoms with Crippen molar-refractivity contribution in [3.63, 3.8) is 0 Å². The molecular weight excluding hydrogens is 189 g/mol. The predicted molar refractivity (Wildman–Crippen MR) is 38.4 cm³/mol. The molecule has 0 aromatic heterocycles. The zero-order valence-electron chi connectivity index (χ0n) is 5.75. The van der Waals surface area contributed by atoms with Crippen molar-refractivity contribution in [1.82, 2.24) is 0 Å². The molecule has 0 saturated heterocycles. The van der Waals surface area contributed by atoms with Crippen LogP contribution in [-0.2, 0) is 14.2 Å². The van der Waals surface area contributed by atoms with Crippen LogP contribution in [0.4, 0.5) is 0 Å². The van der Waals surface area contributed by atoms with Crippen LogP contribution < -0.4 is 5.50 Å². The highest BCUT2D eigenvalue weighted by Crippen LogP contribution is 1.91. The number of carbonyl (C=O) groups is 2. The molecule has 0 amide bonds. The maximum absolute atomic E-state index is 9.55. The first kappa shape index (κ1) is 13.3. The van der Waals surface area contributed by atoms with Crippen LogP contribution in [0.25, 0.3) is 0 Å². The van der Waals surface area contributed by atoms with Crippen molar-refractivity contribution in [2.75, 3.05) is 0 Å². The summed E-state index contributed by atoms with van der Waals surface area (Å²) in [5.74, 6) is -2.51. The molecule has 0 heterocycles. The van der Waals surface area contributed by atoms with E-state index in [1.807, 2.05) is 0 Å². The molecular formula is C4H7NO6P+. The Balaban J connectivity index is 0. The summed E-state index contributed by atoms with van der Waals surface area (Å²) >= 11 is 0. The van der Waals surface area contributed by atoms with Gasteiger partial charge in [-0.25, -0.2) is 9.59 Å². The van der Waals surface area contributed by atoms with Gasteiger partial charge in [0.15, 0.2) is 0 Å². The van der Waals surface area contributed by atoms with E-state index >= 15 is 0 Å². The van der Waals surface area contributed by atoms with Gasteiger partial charge in [0.05, 0.1) is 0 Å². The molecule has 1 atom stereocenters. The van der Waals surface area contributed by atoms with Crippen molar-refractivity contribution in [3.05, 3.63) is 12.2 Å². The Hall–Kier alpha value is -1.30. The van der Waals surface area contributed by atoms with Crippen LogP contribution in [0.1, 0.15) is 0 Å². The van der Waals surface area contributed by atoms with Gasteiger partial charge in [0.25, 0.3) is 0 Å². The van der Waals surface area contributed by atoms with Gasteiger partial charge in [-0.3, -0.25) is 0 Å². The lowest BCUT2D eigenvalue weighted by Crippen LogP contribution is -1.91. The van der Waals surface area contributed by atoms with E-state index in [4.69, 9.17) is 19.7 Å². The summed E-state index contributed by atoms with van der Waals surface area (Å²) in [6.45, 7) is 0. The molecule has 0 aromatic rings. The fourth-order valence-electron chi connectivity index (χ4n) is 0.143. The Morgan fingerprint density at radius 1 is 1.17 bits per heavy atom. The first-order valence-corrected chi connectivity index (χ1v) is 3.69. The van der Waals surface area contributed by atoms with Crippen molar-refractivity contribution in [2.24, 2.45) is 5.50 Å². The van der Waals surface area contributed by atoms with Crippen LogP contribution >= 0.6 is 8.18 Å². The highest BCUT2D eigenvalue weighted by molar-refractivity contribution is 7.35. The van der Waals surface area contributed by atoms with E-state index in [0.29, 0.717) is 12.2 Å². The normalized spacial score (nSPS) is 10.0. The lowest BCUT2D eigenvalue weighted by molar-refractivity contribution is -0.134. The Morgan fingerprint density at radius 2 is 1.33 bits per heavy atom. The topological polar surface area (TPSA) is 138 Å². The zero-order chi connectivity index (χ0) is 10.1. The molecule has 0 bridgehead atoms. The minimum absolute atomic E-state index is 0.558. The van der Waals surface area contributed by atoms with Crippen LogP contribution in [0.15, 0.2) is 12.2 Å². The monoisotopic (exact) mass is 196 g/mol. The lowest BCUT2D eigenvalue weighted by Gasteiger charge is -1.74. The van der Waals surface area contributed by atoms with Crippen LogP contribution in [-0.4, -0.2) is 27.0 Å². The number of rotatable bonds is 2. The quantitative estimate of drug-likeness (QED) is 0.338. The third-order valence-corrected chi connectivity index (χ3v) is 0.368. The highest BCUT2D eigenvalue weighted by atomic mass is 31.1. The maximum Gasteiger partial charge on any atom is 0.607 e. The average Bonchev–Trinajstić information content (AvgIpc) is 1.82. The molecule has 12 heavy (non-hydrogen) atoms. The molecule has 0 aromatic carbocycles. The summed E-state index contributed by atoms with van der Waals surface area (Å²) in [6.07, 6.45) is 1.12. The second-order valence-electron chi connectivity index (χ2n) is 1.31. The van der Waals surface area contributed by atoms with E-state index in [1.165, 1.54) is 0 Å². The van der Waals surface area contributed by atoms with Gasteiger partial charge in [-0.15, -0.1) is 4.89 Å². The summed E-state index contributed by atoms with van der Waals surface area (Å²) in [6, 6.07) is 0. The van der Waals surface area contributed by atoms with Crippen LogP contribution in [0.2, 0.25) is 0 Å². The van der Waals surface area contributed by atoms with Crippen molar-refractivity contribution in [2.45, 2.75) is 0 Å². The molecule has 0 spiro atoms. The Labute approximate surface area is 68.0 Å². The molecule has 0 saturated carbocycles. The Bertz CT molecular complexity index is 192. The van der Waals surface area contributed by atoms with E-state index in [-0.39, 0.29) is 0 Å². The van der Waals surface area contributed by atoms with Gasteiger partial charge < -0.3 is 10.2 Å². The smallest absolute Gasteiger partial charge is 0.478 e. The Morgan fingerprint density at radius 3 is 1.42 bits per heavy atom. The van der Waals surface area contributed by atoms with Crippen LogP contribution in [0.3, 0.4) is 0 Å². The maximum atomic E-state index is 9.55. The fourth-order valence-corrected chi connectivity index (χ4v) is 0.143. The fraction of sp³-hybridized carbons (Fsp3) is 0. The number of carboxylic acids is 2. The summed E-state index contributed by atoms with van der Waals surface area (Å²) in [7, 11) is -2.37. The molecule has 0 rings (SSSR count). The minimum atomic E-state index is -2.37. The summed E-state index contributed by atoms with van der Waals surface area (Å²) in [4.78, 5) is 26.4. The first-order chi connectivity index (χ1) is 5.36. The summed E-state index contributed by atoms with van der Waals surface area (Å²) < 4.78 is 8.93. The lowest BCUT2D eigenvalue weighted by atomic mass is 10.5. The van der Waals surface area contributed by atoms with E-state index < -0.39 is 20.1 Å². The second kappa shape index (κ2) is 7.80. The minimum Gasteiger partial charge on any atom is -0.478 e. The van der Waals surface area contributed by atoms with Gasteiger partial charge >= 0.3 is 20.1 Å². The summed E-state index contributed by atoms with van der Waals surface area (Å²) in [5, 5.41) is 15.6. The molecule has 0 aliphatic heterocycles. The van der Waals surface area contributed by atoms with Gasteiger partial charge in [0.1, 0.15) is 0 Å². The zero-order valence-corrected chi connectivity index (χ0v) is 6.64. The third kappa shape index (κ3) is 37.7. The SMILES string of the molecule is N[P+](=O)O.O=C(O)/C=C/C(=O)O. The Kier molecular flexibility index (Phi) is 8.65. The summed E-state index contributed by atoms with van der Waals surface area (Å²) in [5.41, 5.74) is 4.18. The molecule has 0 radical (unpaired) electrons. The van der Waals surface area contributed by atoms with E-state index in [1.54, 1.807) is 0 Å². The van der Waals surface area contributed by atoms with Crippen molar-refractivity contribution >= 4 is 20.1 Å². The van der Waals surface area contributed by atoms with Gasteiger partial charge in [0, 0.05) is 12.2 Å². The molecule has 68 valence electrons. The van der Waals surface area contributed by atoms with Crippen LogP contribution in [0, 0.1) is 0 Å². The van der Waals surface area contributed by atoms with E-state index in [2.05, 4.69) is 5.50 Å². The highest BCUT2D eigenvalue weighted by Gasteiger charge is 1.88. The van der Waals surface area contributed by atoms with Gasteiger partial charge in [-0.1, -0.05) is 5.50 Å². The van der Waals surface area contributed by atoms with Gasteiger partial charge in [0.2, 0.25) is 0 Å². The van der Waals surface area contributed by atoms with E-state index in [0.717, 1.165) is 0 Å².